The Morgan fingerprint density at radius 3 is 1.74 bits per heavy atom. The van der Waals surface area contributed by atoms with Gasteiger partial charge < -0.3 is 10.2 Å². The van der Waals surface area contributed by atoms with E-state index >= 15 is 0 Å². The predicted molar refractivity (Wildman–Crippen MR) is 124 cm³/mol. The lowest BCUT2D eigenvalue weighted by atomic mass is 9.75. The van der Waals surface area contributed by atoms with Crippen LogP contribution in [-0.4, -0.2) is 37.2 Å². The van der Waals surface area contributed by atoms with Gasteiger partial charge in [0.05, 0.1) is 26.2 Å². The highest BCUT2D eigenvalue weighted by Crippen LogP contribution is 2.35. The maximum Gasteiger partial charge on any atom is 0.0897 e. The van der Waals surface area contributed by atoms with Gasteiger partial charge in [-0.05, 0) is 50.4 Å². The summed E-state index contributed by atoms with van der Waals surface area (Å²) >= 11 is 0. The molecule has 0 saturated carbocycles. The first-order chi connectivity index (χ1) is 12.7. The van der Waals surface area contributed by atoms with Crippen LogP contribution in [0.4, 0.5) is 0 Å². The molecule has 2 heteroatoms. The summed E-state index contributed by atoms with van der Waals surface area (Å²) in [4.78, 5) is 0. The number of hydrogen-bond donors (Lipinski definition) is 1. The molecule has 0 spiro atoms. The minimum atomic E-state index is 0.594. The van der Waals surface area contributed by atoms with Crippen LogP contribution in [0.3, 0.4) is 0 Å². The lowest BCUT2D eigenvalue weighted by Gasteiger charge is -2.43. The van der Waals surface area contributed by atoms with Crippen LogP contribution in [0.5, 0.6) is 0 Å². The average Bonchev–Trinajstić information content (AvgIpc) is 2.68. The minimum absolute atomic E-state index is 0.594. The number of hydrogen-bond acceptors (Lipinski definition) is 1. The van der Waals surface area contributed by atoms with Crippen molar-refractivity contribution in [1.82, 2.24) is 0 Å². The molecule has 7 unspecified atom stereocenters. The Morgan fingerprint density at radius 2 is 1.30 bits per heavy atom. The summed E-state index contributed by atoms with van der Waals surface area (Å²) in [5.41, 5.74) is 6.00. The Morgan fingerprint density at radius 1 is 0.741 bits per heavy atom. The lowest BCUT2D eigenvalue weighted by molar-refractivity contribution is -0.934. The van der Waals surface area contributed by atoms with Crippen molar-refractivity contribution in [2.45, 2.75) is 106 Å². The Balaban J connectivity index is 5.18. The van der Waals surface area contributed by atoms with Crippen molar-refractivity contribution < 1.29 is 4.48 Å². The molecule has 0 aromatic carbocycles. The van der Waals surface area contributed by atoms with Gasteiger partial charge in [-0.1, -0.05) is 73.6 Å². The average molecular weight is 384 g/mol. The van der Waals surface area contributed by atoms with Crippen LogP contribution in [0.25, 0.3) is 0 Å². The van der Waals surface area contributed by atoms with Crippen molar-refractivity contribution in [1.29, 1.82) is 0 Å². The minimum Gasteiger partial charge on any atom is -0.330 e. The van der Waals surface area contributed by atoms with E-state index in [4.69, 9.17) is 5.73 Å². The summed E-state index contributed by atoms with van der Waals surface area (Å²) in [5.74, 6) is 4.11. The van der Waals surface area contributed by atoms with E-state index in [2.05, 4.69) is 62.4 Å². The summed E-state index contributed by atoms with van der Waals surface area (Å²) in [6.45, 7) is 22.5. The lowest BCUT2D eigenvalue weighted by Crippen LogP contribution is -2.55. The second-order valence-electron chi connectivity index (χ2n) is 9.96. The first kappa shape index (κ1) is 26.9. The number of nitrogens with two attached hydrogens (primary N) is 1. The van der Waals surface area contributed by atoms with E-state index in [1.807, 2.05) is 0 Å². The van der Waals surface area contributed by atoms with Gasteiger partial charge in [0.2, 0.25) is 0 Å². The maximum absolute atomic E-state index is 6.00. The molecule has 2 N–H and O–H groups in total. The smallest absolute Gasteiger partial charge is 0.0897 e. The molecule has 7 atom stereocenters. The zero-order valence-corrected chi connectivity index (χ0v) is 20.6. The van der Waals surface area contributed by atoms with Crippen molar-refractivity contribution in [3.63, 3.8) is 0 Å². The third-order valence-corrected chi connectivity index (χ3v) is 8.19. The second-order valence-corrected chi connectivity index (χ2v) is 9.96. The molecule has 0 aliphatic heterocycles. The maximum atomic E-state index is 6.00. The monoisotopic (exact) mass is 383 g/mol. The molecule has 0 saturated heterocycles. The molecule has 0 aliphatic rings. The van der Waals surface area contributed by atoms with Gasteiger partial charge in [-0.3, -0.25) is 0 Å². The predicted octanol–water partition coefficient (Wildman–Crippen LogP) is 6.73. The molecule has 0 aromatic rings. The van der Waals surface area contributed by atoms with E-state index in [1.54, 1.807) is 0 Å². The van der Waals surface area contributed by atoms with Gasteiger partial charge in [-0.15, -0.1) is 0 Å². The molecule has 0 radical (unpaired) electrons. The van der Waals surface area contributed by atoms with E-state index in [-0.39, 0.29) is 0 Å². The van der Waals surface area contributed by atoms with Gasteiger partial charge in [0.25, 0.3) is 0 Å². The van der Waals surface area contributed by atoms with Gasteiger partial charge in [0.1, 0.15) is 0 Å². The van der Waals surface area contributed by atoms with Gasteiger partial charge in [0.15, 0.2) is 0 Å². The highest BCUT2D eigenvalue weighted by molar-refractivity contribution is 4.75. The molecule has 0 fully saturated rings. The van der Waals surface area contributed by atoms with Crippen molar-refractivity contribution in [3.8, 4) is 0 Å². The normalized spacial score (nSPS) is 21.1. The van der Waals surface area contributed by atoms with Crippen LogP contribution in [0, 0.1) is 29.6 Å². The van der Waals surface area contributed by atoms with Crippen molar-refractivity contribution >= 4 is 0 Å². The van der Waals surface area contributed by atoms with Crippen LogP contribution >= 0.6 is 0 Å². The van der Waals surface area contributed by atoms with Gasteiger partial charge in [-0.2, -0.15) is 0 Å². The summed E-state index contributed by atoms with van der Waals surface area (Å²) in [6, 6.07) is 0.644. The molecule has 27 heavy (non-hydrogen) atoms. The van der Waals surface area contributed by atoms with Crippen LogP contribution in [-0.2, 0) is 0 Å². The molecule has 0 amide bonds. The summed E-state index contributed by atoms with van der Waals surface area (Å²) in [5, 5.41) is 0. The SMILES string of the molecule is CCCC(CC[N+](C)(CC)C(C)C(C)CN)C(CCC)CC(C)C(C)CC. The van der Waals surface area contributed by atoms with Gasteiger partial charge in [0, 0.05) is 12.5 Å². The zero-order valence-electron chi connectivity index (χ0n) is 20.6. The first-order valence-corrected chi connectivity index (χ1v) is 12.2. The molecular weight excluding hydrogens is 328 g/mol. The van der Waals surface area contributed by atoms with E-state index in [0.717, 1.165) is 30.2 Å². The highest BCUT2D eigenvalue weighted by atomic mass is 15.3. The van der Waals surface area contributed by atoms with Crippen LogP contribution in [0.1, 0.15) is 100 Å². The fourth-order valence-corrected chi connectivity index (χ4v) is 4.94. The summed E-state index contributed by atoms with van der Waals surface area (Å²) < 4.78 is 1.18. The standard InChI is InChI=1S/C25H55N2/c1-10-14-24(25(15-11-2)18-21(6)20(5)12-3)16-17-27(9,13-4)23(8)22(7)19-26/h20-25H,10-19,26H2,1-9H3/q+1. The van der Waals surface area contributed by atoms with E-state index in [0.29, 0.717) is 12.0 Å². The highest BCUT2D eigenvalue weighted by Gasteiger charge is 2.33. The molecule has 2 nitrogen and oxygen atoms in total. The molecular formula is C25H55N2+. The molecule has 0 heterocycles. The zero-order chi connectivity index (χ0) is 21.0. The Hall–Kier alpha value is -0.0800. The van der Waals surface area contributed by atoms with Gasteiger partial charge >= 0.3 is 0 Å². The number of rotatable bonds is 16. The fraction of sp³-hybridized carbons (Fsp3) is 1.00. The van der Waals surface area contributed by atoms with Crippen LogP contribution in [0.2, 0.25) is 0 Å². The Kier molecular flexibility index (Phi) is 13.9. The van der Waals surface area contributed by atoms with Crippen molar-refractivity contribution in [2.24, 2.45) is 35.3 Å². The third-order valence-electron chi connectivity index (χ3n) is 8.19. The van der Waals surface area contributed by atoms with Crippen molar-refractivity contribution in [2.75, 3.05) is 26.7 Å². The van der Waals surface area contributed by atoms with Gasteiger partial charge in [-0.25, -0.2) is 0 Å². The first-order valence-electron chi connectivity index (χ1n) is 12.2. The number of quaternary nitrogens is 1. The molecule has 0 rings (SSSR count). The van der Waals surface area contributed by atoms with E-state index in [1.165, 1.54) is 62.5 Å². The van der Waals surface area contributed by atoms with E-state index < -0.39 is 0 Å². The molecule has 0 aliphatic carbocycles. The fourth-order valence-electron chi connectivity index (χ4n) is 4.94. The topological polar surface area (TPSA) is 26.0 Å². The molecule has 0 bridgehead atoms. The second kappa shape index (κ2) is 14.0. The molecule has 0 aromatic heterocycles. The Labute approximate surface area is 173 Å². The Bertz CT molecular complexity index is 356. The molecule has 164 valence electrons. The number of nitrogens with zero attached hydrogens (tertiary/aromatic N) is 1. The van der Waals surface area contributed by atoms with Crippen LogP contribution in [0.15, 0.2) is 0 Å². The van der Waals surface area contributed by atoms with Crippen LogP contribution < -0.4 is 5.73 Å². The summed E-state index contributed by atoms with van der Waals surface area (Å²) in [7, 11) is 2.47. The summed E-state index contributed by atoms with van der Waals surface area (Å²) in [6.07, 6.45) is 9.61. The van der Waals surface area contributed by atoms with Crippen molar-refractivity contribution in [3.05, 3.63) is 0 Å². The largest absolute Gasteiger partial charge is 0.330 e. The van der Waals surface area contributed by atoms with E-state index in [9.17, 15) is 0 Å². The third kappa shape index (κ3) is 8.86. The quantitative estimate of drug-likeness (QED) is 0.294.